The zero-order valence-electron chi connectivity index (χ0n) is 13.4. The van der Waals surface area contributed by atoms with Gasteiger partial charge in [-0.2, -0.15) is 4.98 Å². The molecule has 0 saturated carbocycles. The van der Waals surface area contributed by atoms with Crippen LogP contribution in [0.2, 0.25) is 0 Å². The molecule has 126 valence electrons. The molecule has 1 atom stereocenters. The number of fused-ring (bicyclic) bond motifs is 1. The van der Waals surface area contributed by atoms with Crippen LogP contribution in [0.5, 0.6) is 11.5 Å². The van der Waals surface area contributed by atoms with Crippen molar-refractivity contribution in [3.63, 3.8) is 0 Å². The van der Waals surface area contributed by atoms with Crippen LogP contribution in [0.3, 0.4) is 0 Å². The Morgan fingerprint density at radius 1 is 1.29 bits per heavy atom. The van der Waals surface area contributed by atoms with Gasteiger partial charge in [0.05, 0.1) is 12.8 Å². The second-order valence-corrected chi connectivity index (χ2v) is 5.20. The number of rotatable bonds is 7. The fourth-order valence-corrected chi connectivity index (χ4v) is 2.21. The van der Waals surface area contributed by atoms with Crippen LogP contribution in [-0.2, 0) is 0 Å². The van der Waals surface area contributed by atoms with E-state index < -0.39 is 6.10 Å². The van der Waals surface area contributed by atoms with E-state index in [1.807, 2.05) is 19.1 Å². The first-order chi connectivity index (χ1) is 11.7. The Morgan fingerprint density at radius 3 is 2.96 bits per heavy atom. The molecule has 0 amide bonds. The fourth-order valence-electron chi connectivity index (χ4n) is 2.21. The highest BCUT2D eigenvalue weighted by Crippen LogP contribution is 2.22. The first kappa shape index (κ1) is 16.0. The van der Waals surface area contributed by atoms with Crippen molar-refractivity contribution in [1.29, 1.82) is 0 Å². The van der Waals surface area contributed by atoms with Crippen molar-refractivity contribution in [3.8, 4) is 11.5 Å². The van der Waals surface area contributed by atoms with Crippen molar-refractivity contribution < 1.29 is 19.1 Å². The van der Waals surface area contributed by atoms with Crippen LogP contribution in [0.25, 0.3) is 11.1 Å². The molecule has 3 aromatic rings. The highest BCUT2D eigenvalue weighted by molar-refractivity contribution is 5.87. The summed E-state index contributed by atoms with van der Waals surface area (Å²) >= 11 is 0. The molecule has 0 aliphatic carbocycles. The molecule has 0 bridgehead atoms. The zero-order chi connectivity index (χ0) is 16.9. The van der Waals surface area contributed by atoms with E-state index in [0.29, 0.717) is 34.1 Å². The summed E-state index contributed by atoms with van der Waals surface area (Å²) in [7, 11) is 1.59. The number of aliphatic hydroxyl groups excluding tert-OH is 1. The van der Waals surface area contributed by atoms with Crippen LogP contribution in [0.4, 0.5) is 5.82 Å². The number of hydrogen-bond donors (Lipinski definition) is 2. The Kier molecular flexibility index (Phi) is 4.76. The van der Waals surface area contributed by atoms with E-state index in [2.05, 4.69) is 20.4 Å². The Balaban J connectivity index is 1.57. The molecule has 0 fully saturated rings. The normalized spacial score (nSPS) is 12.1. The number of methoxy groups -OCH3 is 1. The number of nitrogens with one attached hydrogen (secondary N) is 1. The van der Waals surface area contributed by atoms with Gasteiger partial charge in [-0.15, -0.1) is 0 Å². The lowest BCUT2D eigenvalue weighted by molar-refractivity contribution is 0.117. The van der Waals surface area contributed by atoms with Crippen molar-refractivity contribution in [3.05, 3.63) is 36.3 Å². The Bertz CT molecular complexity index is 821. The van der Waals surface area contributed by atoms with E-state index in [9.17, 15) is 5.11 Å². The number of aliphatic hydroxyl groups is 1. The summed E-state index contributed by atoms with van der Waals surface area (Å²) in [4.78, 5) is 8.16. The number of nitrogens with zero attached hydrogens (tertiary/aromatic N) is 3. The van der Waals surface area contributed by atoms with Crippen LogP contribution in [0.1, 0.15) is 5.69 Å². The lowest BCUT2D eigenvalue weighted by Gasteiger charge is -2.14. The summed E-state index contributed by atoms with van der Waals surface area (Å²) < 4.78 is 15.8. The monoisotopic (exact) mass is 330 g/mol. The van der Waals surface area contributed by atoms with Crippen molar-refractivity contribution >= 4 is 16.9 Å². The van der Waals surface area contributed by atoms with Crippen LogP contribution in [-0.4, -0.2) is 46.6 Å². The smallest absolute Gasteiger partial charge is 0.263 e. The third-order valence-corrected chi connectivity index (χ3v) is 3.43. The van der Waals surface area contributed by atoms with E-state index in [1.54, 1.807) is 19.2 Å². The molecule has 0 radical (unpaired) electrons. The van der Waals surface area contributed by atoms with E-state index in [1.165, 1.54) is 6.33 Å². The van der Waals surface area contributed by atoms with E-state index in [0.717, 1.165) is 0 Å². The predicted molar refractivity (Wildman–Crippen MR) is 87.3 cm³/mol. The van der Waals surface area contributed by atoms with Crippen molar-refractivity contribution in [2.24, 2.45) is 0 Å². The number of anilines is 1. The van der Waals surface area contributed by atoms with Crippen molar-refractivity contribution in [1.82, 2.24) is 15.1 Å². The molecule has 1 aromatic carbocycles. The van der Waals surface area contributed by atoms with Gasteiger partial charge >= 0.3 is 0 Å². The summed E-state index contributed by atoms with van der Waals surface area (Å²) in [5, 5.41) is 17.7. The Hall–Kier alpha value is -2.87. The van der Waals surface area contributed by atoms with Gasteiger partial charge < -0.3 is 24.4 Å². The highest BCUT2D eigenvalue weighted by atomic mass is 16.5. The minimum atomic E-state index is -0.721. The molecule has 2 aromatic heterocycles. The summed E-state index contributed by atoms with van der Waals surface area (Å²) in [6.45, 7) is 2.21. The third kappa shape index (κ3) is 3.54. The first-order valence-electron chi connectivity index (χ1n) is 7.43. The quantitative estimate of drug-likeness (QED) is 0.676. The molecular weight excluding hydrogens is 312 g/mol. The molecule has 2 heterocycles. The minimum absolute atomic E-state index is 0.136. The number of benzene rings is 1. The topological polar surface area (TPSA) is 103 Å². The van der Waals surface area contributed by atoms with Gasteiger partial charge in [-0.25, -0.2) is 4.98 Å². The Labute approximate surface area is 138 Å². The SMILES string of the molecule is COc1cccc(OCC(O)CNc2ncnc3onc(C)c23)c1. The van der Waals surface area contributed by atoms with Gasteiger partial charge in [0.2, 0.25) is 0 Å². The van der Waals surface area contributed by atoms with Gasteiger partial charge in [-0.3, -0.25) is 0 Å². The summed E-state index contributed by atoms with van der Waals surface area (Å²) in [5.74, 6) is 1.90. The maximum Gasteiger partial charge on any atom is 0.263 e. The molecule has 8 nitrogen and oxygen atoms in total. The van der Waals surface area contributed by atoms with Crippen LogP contribution >= 0.6 is 0 Å². The highest BCUT2D eigenvalue weighted by Gasteiger charge is 2.13. The lowest BCUT2D eigenvalue weighted by atomic mass is 10.3. The van der Waals surface area contributed by atoms with Gasteiger partial charge in [0, 0.05) is 12.6 Å². The maximum absolute atomic E-state index is 10.1. The summed E-state index contributed by atoms with van der Waals surface area (Å²) in [5.41, 5.74) is 1.10. The molecule has 1 unspecified atom stereocenters. The predicted octanol–water partition coefficient (Wildman–Crippen LogP) is 1.79. The minimum Gasteiger partial charge on any atom is -0.497 e. The largest absolute Gasteiger partial charge is 0.497 e. The van der Waals surface area contributed by atoms with E-state index in [-0.39, 0.29) is 13.2 Å². The second kappa shape index (κ2) is 7.14. The van der Waals surface area contributed by atoms with Crippen LogP contribution < -0.4 is 14.8 Å². The summed E-state index contributed by atoms with van der Waals surface area (Å²) in [6.07, 6.45) is 0.662. The molecule has 0 aliphatic rings. The van der Waals surface area contributed by atoms with E-state index >= 15 is 0 Å². The zero-order valence-corrected chi connectivity index (χ0v) is 13.4. The molecule has 2 N–H and O–H groups in total. The molecule has 0 aliphatic heterocycles. The van der Waals surface area contributed by atoms with Crippen molar-refractivity contribution in [2.45, 2.75) is 13.0 Å². The van der Waals surface area contributed by atoms with Gasteiger partial charge in [-0.05, 0) is 19.1 Å². The Morgan fingerprint density at radius 2 is 2.12 bits per heavy atom. The molecule has 0 saturated heterocycles. The van der Waals surface area contributed by atoms with Crippen molar-refractivity contribution in [2.75, 3.05) is 25.6 Å². The molecule has 3 rings (SSSR count). The third-order valence-electron chi connectivity index (χ3n) is 3.43. The fraction of sp³-hybridized carbons (Fsp3) is 0.312. The van der Waals surface area contributed by atoms with Crippen LogP contribution in [0.15, 0.2) is 35.1 Å². The molecule has 8 heteroatoms. The standard InChI is InChI=1S/C16H18N4O4/c1-10-14-15(18-9-19-16(14)24-20-10)17-7-11(21)8-23-13-5-3-4-12(6-13)22-2/h3-6,9,11,21H,7-8H2,1-2H3,(H,17,18,19). The second-order valence-electron chi connectivity index (χ2n) is 5.20. The average Bonchev–Trinajstić information content (AvgIpc) is 3.00. The van der Waals surface area contributed by atoms with Gasteiger partial charge in [0.1, 0.15) is 41.7 Å². The first-order valence-corrected chi connectivity index (χ1v) is 7.43. The maximum atomic E-state index is 10.1. The number of hydrogen-bond acceptors (Lipinski definition) is 8. The molecule has 0 spiro atoms. The van der Waals surface area contributed by atoms with Gasteiger partial charge in [-0.1, -0.05) is 11.2 Å². The van der Waals surface area contributed by atoms with E-state index in [4.69, 9.17) is 14.0 Å². The van der Waals surface area contributed by atoms with Gasteiger partial charge in [0.15, 0.2) is 0 Å². The number of aromatic nitrogens is 3. The average molecular weight is 330 g/mol. The lowest BCUT2D eigenvalue weighted by Crippen LogP contribution is -2.26. The molecular formula is C16H18N4O4. The molecule has 24 heavy (non-hydrogen) atoms. The summed E-state index contributed by atoms with van der Waals surface area (Å²) in [6, 6.07) is 7.21. The number of aryl methyl sites for hydroxylation is 1. The number of ether oxygens (including phenoxy) is 2. The van der Waals surface area contributed by atoms with Crippen LogP contribution in [0, 0.1) is 6.92 Å². The van der Waals surface area contributed by atoms with Gasteiger partial charge in [0.25, 0.3) is 5.71 Å².